The van der Waals surface area contributed by atoms with Crippen LogP contribution in [0.25, 0.3) is 10.4 Å². The molecule has 0 fully saturated rings. The molecule has 0 aliphatic carbocycles. The summed E-state index contributed by atoms with van der Waals surface area (Å²) in [6, 6.07) is 15.0. The third-order valence-electron chi connectivity index (χ3n) is 3.17. The average molecular weight is 316 g/mol. The lowest BCUT2D eigenvalue weighted by Crippen LogP contribution is -2.28. The molecule has 2 aromatic carbocycles. The van der Waals surface area contributed by atoms with Gasteiger partial charge in [-0.05, 0) is 30.2 Å². The quantitative estimate of drug-likeness (QED) is 0.502. The summed E-state index contributed by atoms with van der Waals surface area (Å²) in [6.45, 7) is 1.89. The van der Waals surface area contributed by atoms with Crippen molar-refractivity contribution in [1.29, 1.82) is 0 Å². The normalized spacial score (nSPS) is 12.4. The number of nitrogens with zero attached hydrogens (tertiary/aromatic N) is 3. The Labute approximate surface area is 129 Å². The number of azide groups is 1. The first-order chi connectivity index (χ1) is 10.5. The lowest BCUT2D eigenvalue weighted by molar-refractivity contribution is 0.572. The molecule has 0 amide bonds. The van der Waals surface area contributed by atoms with Crippen LogP contribution in [0, 0.1) is 6.92 Å². The Balaban J connectivity index is 2.15. The summed E-state index contributed by atoms with van der Waals surface area (Å²) >= 11 is 0. The summed E-state index contributed by atoms with van der Waals surface area (Å²) in [5.74, 6) is 0. The molecule has 0 aliphatic heterocycles. The zero-order valence-corrected chi connectivity index (χ0v) is 12.9. The van der Waals surface area contributed by atoms with Crippen LogP contribution >= 0.6 is 0 Å². The first kappa shape index (κ1) is 16.0. The zero-order valence-electron chi connectivity index (χ0n) is 12.0. The highest BCUT2D eigenvalue weighted by Crippen LogP contribution is 2.18. The molecule has 0 aromatic heterocycles. The molecular weight excluding hydrogens is 300 g/mol. The van der Waals surface area contributed by atoms with Gasteiger partial charge < -0.3 is 0 Å². The van der Waals surface area contributed by atoms with Crippen LogP contribution in [0.5, 0.6) is 0 Å². The van der Waals surface area contributed by atoms with Crippen LogP contribution in [0.3, 0.4) is 0 Å². The van der Waals surface area contributed by atoms with Crippen molar-refractivity contribution in [3.05, 3.63) is 76.2 Å². The molecule has 114 valence electrons. The van der Waals surface area contributed by atoms with Crippen molar-refractivity contribution < 1.29 is 8.42 Å². The molecular formula is C15H16N4O2S. The van der Waals surface area contributed by atoms with Crippen LogP contribution in [0.1, 0.15) is 17.2 Å². The summed E-state index contributed by atoms with van der Waals surface area (Å²) in [5.41, 5.74) is 10.4. The van der Waals surface area contributed by atoms with Crippen LogP contribution in [0.2, 0.25) is 0 Å². The van der Waals surface area contributed by atoms with Gasteiger partial charge in [0.15, 0.2) is 0 Å². The fourth-order valence-corrected chi connectivity index (χ4v) is 2.99. The van der Waals surface area contributed by atoms with E-state index in [1.165, 1.54) is 0 Å². The van der Waals surface area contributed by atoms with Crippen LogP contribution in [0.15, 0.2) is 64.6 Å². The van der Waals surface area contributed by atoms with E-state index in [4.69, 9.17) is 5.53 Å². The summed E-state index contributed by atoms with van der Waals surface area (Å²) in [4.78, 5) is 2.97. The van der Waals surface area contributed by atoms with Crippen LogP contribution in [-0.2, 0) is 10.0 Å². The minimum Gasteiger partial charge on any atom is -0.210 e. The van der Waals surface area contributed by atoms with E-state index in [9.17, 15) is 8.42 Å². The Morgan fingerprint density at radius 2 is 1.77 bits per heavy atom. The monoisotopic (exact) mass is 316 g/mol. The number of hydrogen-bond acceptors (Lipinski definition) is 3. The van der Waals surface area contributed by atoms with E-state index in [0.717, 1.165) is 11.1 Å². The molecule has 1 atom stereocenters. The van der Waals surface area contributed by atoms with Crippen molar-refractivity contribution in [2.24, 2.45) is 5.11 Å². The standard InChI is InChI=1S/C15H16N4O2S/c1-12-7-9-14(10-8-12)22(20,21)17-11-15(18-19-16)13-5-3-2-4-6-13/h2-10,15,17H,11H2,1H3/t15-/m1/s1. The SMILES string of the molecule is Cc1ccc(S(=O)(=O)NC[C@@H](N=[N+]=[N-])c2ccccc2)cc1. The largest absolute Gasteiger partial charge is 0.240 e. The maximum atomic E-state index is 12.2. The van der Waals surface area contributed by atoms with E-state index in [0.29, 0.717) is 0 Å². The second kappa shape index (κ2) is 7.09. The number of aryl methyl sites for hydroxylation is 1. The van der Waals surface area contributed by atoms with Gasteiger partial charge in [0.25, 0.3) is 0 Å². The molecule has 0 spiro atoms. The molecule has 2 rings (SSSR count). The highest BCUT2D eigenvalue weighted by Gasteiger charge is 2.17. The van der Waals surface area contributed by atoms with Gasteiger partial charge in [-0.2, -0.15) is 0 Å². The summed E-state index contributed by atoms with van der Waals surface area (Å²) in [7, 11) is -3.63. The molecule has 1 N–H and O–H groups in total. The molecule has 0 saturated carbocycles. The Hall–Kier alpha value is -2.34. The van der Waals surface area contributed by atoms with Crippen molar-refractivity contribution >= 4 is 10.0 Å². The van der Waals surface area contributed by atoms with Crippen molar-refractivity contribution in [3.63, 3.8) is 0 Å². The second-order valence-electron chi connectivity index (χ2n) is 4.80. The number of hydrogen-bond donors (Lipinski definition) is 1. The number of rotatable bonds is 6. The second-order valence-corrected chi connectivity index (χ2v) is 6.56. The maximum absolute atomic E-state index is 12.2. The van der Waals surface area contributed by atoms with Gasteiger partial charge in [0.05, 0.1) is 10.9 Å². The minimum atomic E-state index is -3.63. The molecule has 0 radical (unpaired) electrons. The van der Waals surface area contributed by atoms with Crippen LogP contribution in [-0.4, -0.2) is 15.0 Å². The van der Waals surface area contributed by atoms with Gasteiger partial charge >= 0.3 is 0 Å². The Morgan fingerprint density at radius 3 is 2.36 bits per heavy atom. The van der Waals surface area contributed by atoms with Crippen molar-refractivity contribution in [2.75, 3.05) is 6.54 Å². The summed E-state index contributed by atoms with van der Waals surface area (Å²) in [5, 5.41) is 3.66. The van der Waals surface area contributed by atoms with Gasteiger partial charge in [0, 0.05) is 11.5 Å². The van der Waals surface area contributed by atoms with E-state index >= 15 is 0 Å². The van der Waals surface area contributed by atoms with Gasteiger partial charge in [0.1, 0.15) is 0 Å². The molecule has 0 saturated heterocycles. The first-order valence-corrected chi connectivity index (χ1v) is 8.17. The fourth-order valence-electron chi connectivity index (χ4n) is 1.95. The van der Waals surface area contributed by atoms with Crippen molar-refractivity contribution in [3.8, 4) is 0 Å². The third kappa shape index (κ3) is 4.08. The lowest BCUT2D eigenvalue weighted by Gasteiger charge is -2.13. The van der Waals surface area contributed by atoms with Crippen molar-refractivity contribution in [1.82, 2.24) is 4.72 Å². The zero-order chi connectivity index (χ0) is 16.0. The highest BCUT2D eigenvalue weighted by molar-refractivity contribution is 7.89. The number of benzene rings is 2. The van der Waals surface area contributed by atoms with E-state index in [-0.39, 0.29) is 11.4 Å². The molecule has 22 heavy (non-hydrogen) atoms. The predicted octanol–water partition coefficient (Wildman–Crippen LogP) is 3.32. The molecule has 0 aliphatic rings. The first-order valence-electron chi connectivity index (χ1n) is 6.68. The maximum Gasteiger partial charge on any atom is 0.240 e. The highest BCUT2D eigenvalue weighted by atomic mass is 32.2. The summed E-state index contributed by atoms with van der Waals surface area (Å²) < 4.78 is 27.0. The summed E-state index contributed by atoms with van der Waals surface area (Å²) in [6.07, 6.45) is 0. The molecule has 7 heteroatoms. The van der Waals surface area contributed by atoms with Gasteiger partial charge in [0.2, 0.25) is 10.0 Å². The molecule has 0 heterocycles. The Bertz CT molecular complexity index is 767. The van der Waals surface area contributed by atoms with Gasteiger partial charge in [-0.15, -0.1) is 0 Å². The minimum absolute atomic E-state index is 0.00425. The molecule has 2 aromatic rings. The van der Waals surface area contributed by atoms with E-state index in [2.05, 4.69) is 14.7 Å². The van der Waals surface area contributed by atoms with Crippen molar-refractivity contribution in [2.45, 2.75) is 17.9 Å². The Kier molecular flexibility index (Phi) is 5.16. The third-order valence-corrected chi connectivity index (χ3v) is 4.61. The van der Waals surface area contributed by atoms with Gasteiger partial charge in [-0.1, -0.05) is 53.1 Å². The molecule has 0 unspecified atom stereocenters. The van der Waals surface area contributed by atoms with E-state index in [1.54, 1.807) is 36.4 Å². The van der Waals surface area contributed by atoms with Crippen LogP contribution in [0.4, 0.5) is 0 Å². The van der Waals surface area contributed by atoms with Gasteiger partial charge in [-0.3, -0.25) is 0 Å². The van der Waals surface area contributed by atoms with Gasteiger partial charge in [-0.25, -0.2) is 13.1 Å². The predicted molar refractivity (Wildman–Crippen MR) is 84.7 cm³/mol. The van der Waals surface area contributed by atoms with E-state index < -0.39 is 16.1 Å². The Morgan fingerprint density at radius 1 is 1.14 bits per heavy atom. The fraction of sp³-hybridized carbons (Fsp3) is 0.200. The smallest absolute Gasteiger partial charge is 0.210 e. The number of nitrogens with one attached hydrogen (secondary N) is 1. The molecule has 0 bridgehead atoms. The molecule has 6 nitrogen and oxygen atoms in total. The van der Waals surface area contributed by atoms with Crippen LogP contribution < -0.4 is 4.72 Å². The topological polar surface area (TPSA) is 94.9 Å². The van der Waals surface area contributed by atoms with E-state index in [1.807, 2.05) is 25.1 Å². The number of sulfonamides is 1. The average Bonchev–Trinajstić information content (AvgIpc) is 2.53. The lowest BCUT2D eigenvalue weighted by atomic mass is 10.1.